The predicted octanol–water partition coefficient (Wildman–Crippen LogP) is 3.24. The van der Waals surface area contributed by atoms with E-state index in [0.717, 1.165) is 0 Å². The average molecular weight is 385 g/mol. The Labute approximate surface area is 163 Å². The molecule has 0 aliphatic heterocycles. The smallest absolute Gasteiger partial charge is 0.344 e. The monoisotopic (exact) mass is 385 g/mol. The second kappa shape index (κ2) is 10.1. The van der Waals surface area contributed by atoms with Crippen LogP contribution in [0.15, 0.2) is 48.5 Å². The Bertz CT molecular complexity index is 831. The lowest BCUT2D eigenvalue weighted by Crippen LogP contribution is -2.31. The van der Waals surface area contributed by atoms with Crippen LogP contribution in [0, 0.1) is 0 Å². The highest BCUT2D eigenvalue weighted by Crippen LogP contribution is 2.24. The van der Waals surface area contributed by atoms with Crippen molar-refractivity contribution in [2.45, 2.75) is 26.9 Å². The summed E-state index contributed by atoms with van der Waals surface area (Å²) in [4.78, 5) is 35.4. The van der Waals surface area contributed by atoms with Gasteiger partial charge in [-0.1, -0.05) is 12.1 Å². The Hall–Kier alpha value is -3.35. The minimum atomic E-state index is -1.01. The van der Waals surface area contributed by atoms with Gasteiger partial charge in [-0.15, -0.1) is 0 Å². The number of hydrogen-bond acceptors (Lipinski definition) is 6. The van der Waals surface area contributed by atoms with Crippen LogP contribution in [0.2, 0.25) is 0 Å². The van der Waals surface area contributed by atoms with Gasteiger partial charge >= 0.3 is 5.97 Å². The number of benzene rings is 2. The molecule has 0 heterocycles. The maximum atomic E-state index is 12.3. The minimum absolute atomic E-state index is 0.0586. The van der Waals surface area contributed by atoms with Gasteiger partial charge in [0.05, 0.1) is 12.3 Å². The van der Waals surface area contributed by atoms with Gasteiger partial charge in [0.2, 0.25) is 0 Å². The first-order valence-corrected chi connectivity index (χ1v) is 8.86. The number of carbonyl (C=O) groups is 3. The van der Waals surface area contributed by atoms with Crippen LogP contribution < -0.4 is 14.8 Å². The largest absolute Gasteiger partial charge is 0.492 e. The molecule has 2 aromatic carbocycles. The van der Waals surface area contributed by atoms with E-state index in [4.69, 9.17) is 14.2 Å². The Morgan fingerprint density at radius 2 is 1.68 bits per heavy atom. The van der Waals surface area contributed by atoms with Crippen LogP contribution in [0.1, 0.15) is 31.1 Å². The lowest BCUT2D eigenvalue weighted by atomic mass is 10.1. The van der Waals surface area contributed by atoms with Gasteiger partial charge in [0.25, 0.3) is 5.91 Å². The zero-order chi connectivity index (χ0) is 20.5. The molecule has 1 N–H and O–H groups in total. The number of ketones is 1. The number of rotatable bonds is 9. The molecule has 1 atom stereocenters. The van der Waals surface area contributed by atoms with Crippen LogP contribution >= 0.6 is 0 Å². The highest BCUT2D eigenvalue weighted by atomic mass is 16.6. The van der Waals surface area contributed by atoms with Crippen LogP contribution in [0.3, 0.4) is 0 Å². The second-order valence-corrected chi connectivity index (χ2v) is 5.92. The summed E-state index contributed by atoms with van der Waals surface area (Å²) >= 11 is 0. The SMILES string of the molecule is CCOc1ccccc1NC(=O)[C@H](C)OC(=O)COc1ccc(C(C)=O)cc1. The fourth-order valence-electron chi connectivity index (χ4n) is 2.30. The molecular weight excluding hydrogens is 362 g/mol. The van der Waals surface area contributed by atoms with Gasteiger partial charge in [-0.25, -0.2) is 4.79 Å². The number of amides is 1. The van der Waals surface area contributed by atoms with Crippen molar-refractivity contribution in [1.29, 1.82) is 0 Å². The molecule has 2 aromatic rings. The van der Waals surface area contributed by atoms with Gasteiger partial charge in [0, 0.05) is 5.56 Å². The first kappa shape index (κ1) is 21.0. The zero-order valence-corrected chi connectivity index (χ0v) is 16.1. The van der Waals surface area contributed by atoms with Gasteiger partial charge in [-0.05, 0) is 57.2 Å². The molecule has 0 aliphatic carbocycles. The topological polar surface area (TPSA) is 90.9 Å². The van der Waals surface area contributed by atoms with E-state index >= 15 is 0 Å². The standard InChI is InChI=1S/C21H23NO6/c1-4-26-19-8-6-5-7-18(19)22-21(25)15(3)28-20(24)13-27-17-11-9-16(10-12-17)14(2)23/h5-12,15H,4,13H2,1-3H3,(H,22,25)/t15-/m0/s1. The number of ether oxygens (including phenoxy) is 3. The van der Waals surface area contributed by atoms with E-state index in [-0.39, 0.29) is 12.4 Å². The van der Waals surface area contributed by atoms with Crippen molar-refractivity contribution in [2.75, 3.05) is 18.5 Å². The van der Waals surface area contributed by atoms with Gasteiger partial charge in [-0.2, -0.15) is 0 Å². The van der Waals surface area contributed by atoms with E-state index in [9.17, 15) is 14.4 Å². The van der Waals surface area contributed by atoms with E-state index < -0.39 is 18.0 Å². The van der Waals surface area contributed by atoms with Crippen LogP contribution in [-0.2, 0) is 14.3 Å². The highest BCUT2D eigenvalue weighted by Gasteiger charge is 2.19. The number of nitrogens with one attached hydrogen (secondary N) is 1. The second-order valence-electron chi connectivity index (χ2n) is 5.92. The molecule has 148 valence electrons. The Kier molecular flexibility index (Phi) is 7.56. The van der Waals surface area contributed by atoms with Gasteiger partial charge in [-0.3, -0.25) is 9.59 Å². The molecule has 0 spiro atoms. The molecular formula is C21H23NO6. The Balaban J connectivity index is 1.84. The Morgan fingerprint density at radius 1 is 1.00 bits per heavy atom. The highest BCUT2D eigenvalue weighted by molar-refractivity contribution is 5.96. The van der Waals surface area contributed by atoms with Crippen molar-refractivity contribution in [2.24, 2.45) is 0 Å². The molecule has 7 heteroatoms. The average Bonchev–Trinajstić information content (AvgIpc) is 2.68. The molecule has 0 radical (unpaired) electrons. The van der Waals surface area contributed by atoms with E-state index in [1.54, 1.807) is 48.5 Å². The lowest BCUT2D eigenvalue weighted by molar-refractivity contribution is -0.155. The van der Waals surface area contributed by atoms with Crippen molar-refractivity contribution in [3.05, 3.63) is 54.1 Å². The van der Waals surface area contributed by atoms with Crippen molar-refractivity contribution in [1.82, 2.24) is 0 Å². The van der Waals surface area contributed by atoms with Crippen LogP contribution in [0.5, 0.6) is 11.5 Å². The van der Waals surface area contributed by atoms with E-state index in [2.05, 4.69) is 5.32 Å². The molecule has 28 heavy (non-hydrogen) atoms. The van der Waals surface area contributed by atoms with Crippen LogP contribution in [-0.4, -0.2) is 37.0 Å². The third-order valence-electron chi connectivity index (χ3n) is 3.74. The predicted molar refractivity (Wildman–Crippen MR) is 104 cm³/mol. The summed E-state index contributed by atoms with van der Waals surface area (Å²) in [6, 6.07) is 13.4. The molecule has 0 saturated heterocycles. The summed E-state index contributed by atoms with van der Waals surface area (Å²) in [6.07, 6.45) is -1.01. The molecule has 0 unspecified atom stereocenters. The number of carbonyl (C=O) groups excluding carboxylic acids is 3. The molecule has 0 aromatic heterocycles. The third-order valence-corrected chi connectivity index (χ3v) is 3.74. The van der Waals surface area contributed by atoms with E-state index in [1.165, 1.54) is 13.8 Å². The van der Waals surface area contributed by atoms with E-state index in [1.807, 2.05) is 6.92 Å². The van der Waals surface area contributed by atoms with Crippen LogP contribution in [0.25, 0.3) is 0 Å². The number of esters is 1. The summed E-state index contributed by atoms with van der Waals surface area (Å²) in [5.41, 5.74) is 1.05. The number of Topliss-reactive ketones (excluding diaryl/α,β-unsaturated/α-hetero) is 1. The third kappa shape index (κ3) is 6.12. The summed E-state index contributed by atoms with van der Waals surface area (Å²) in [6.45, 7) is 4.88. The number of para-hydroxylation sites is 2. The molecule has 2 rings (SSSR count). The number of anilines is 1. The quantitative estimate of drug-likeness (QED) is 0.526. The van der Waals surface area contributed by atoms with Gasteiger partial charge in [0.1, 0.15) is 11.5 Å². The Morgan fingerprint density at radius 3 is 2.32 bits per heavy atom. The van der Waals surface area contributed by atoms with Crippen LogP contribution in [0.4, 0.5) is 5.69 Å². The van der Waals surface area contributed by atoms with Gasteiger partial charge < -0.3 is 19.5 Å². The van der Waals surface area contributed by atoms with Crippen molar-refractivity contribution in [3.8, 4) is 11.5 Å². The molecule has 0 saturated carbocycles. The van der Waals surface area contributed by atoms with Gasteiger partial charge in [0.15, 0.2) is 18.5 Å². The van der Waals surface area contributed by atoms with Crippen molar-refractivity contribution >= 4 is 23.3 Å². The molecule has 1 amide bonds. The summed E-state index contributed by atoms with van der Waals surface area (Å²) < 4.78 is 15.9. The fraction of sp³-hybridized carbons (Fsp3) is 0.286. The normalized spacial score (nSPS) is 11.2. The summed E-state index contributed by atoms with van der Waals surface area (Å²) in [7, 11) is 0. The first-order valence-electron chi connectivity index (χ1n) is 8.86. The maximum Gasteiger partial charge on any atom is 0.344 e. The maximum absolute atomic E-state index is 12.3. The summed E-state index contributed by atoms with van der Waals surface area (Å²) in [5.74, 6) is -0.265. The first-order chi connectivity index (χ1) is 13.4. The number of hydrogen-bond donors (Lipinski definition) is 1. The lowest BCUT2D eigenvalue weighted by Gasteiger charge is -2.16. The molecule has 0 fully saturated rings. The van der Waals surface area contributed by atoms with Crippen molar-refractivity contribution < 1.29 is 28.6 Å². The molecule has 7 nitrogen and oxygen atoms in total. The zero-order valence-electron chi connectivity index (χ0n) is 16.1. The molecule has 0 aliphatic rings. The fourth-order valence-corrected chi connectivity index (χ4v) is 2.30. The minimum Gasteiger partial charge on any atom is -0.492 e. The summed E-state index contributed by atoms with van der Waals surface area (Å²) in [5, 5.41) is 2.68. The van der Waals surface area contributed by atoms with E-state index in [0.29, 0.717) is 29.4 Å². The molecule has 0 bridgehead atoms. The van der Waals surface area contributed by atoms with Crippen molar-refractivity contribution in [3.63, 3.8) is 0 Å².